The zero-order valence-corrected chi connectivity index (χ0v) is 9.78. The predicted octanol–water partition coefficient (Wildman–Crippen LogP) is 1.70. The monoisotopic (exact) mass is 234 g/mol. The number of rotatable bonds is 3. The maximum Gasteiger partial charge on any atom is 0.179 e. The summed E-state index contributed by atoms with van der Waals surface area (Å²) in [5.41, 5.74) is 5.61. The molecule has 0 aliphatic carbocycles. The number of nitrogens with zero attached hydrogens (tertiary/aromatic N) is 3. The van der Waals surface area contributed by atoms with Crippen molar-refractivity contribution < 1.29 is 0 Å². The van der Waals surface area contributed by atoms with E-state index in [0.717, 1.165) is 30.0 Å². The van der Waals surface area contributed by atoms with E-state index < -0.39 is 0 Å². The van der Waals surface area contributed by atoms with Gasteiger partial charge in [-0.05, 0) is 25.0 Å². The molecule has 1 aromatic heterocycles. The van der Waals surface area contributed by atoms with E-state index in [0.29, 0.717) is 11.9 Å². The van der Waals surface area contributed by atoms with Crippen LogP contribution >= 0.6 is 11.8 Å². The van der Waals surface area contributed by atoms with Gasteiger partial charge in [-0.1, -0.05) is 0 Å². The molecule has 1 saturated heterocycles. The zero-order valence-electron chi connectivity index (χ0n) is 8.97. The summed E-state index contributed by atoms with van der Waals surface area (Å²) in [7, 11) is 0. The molecule has 16 heavy (non-hydrogen) atoms. The maximum absolute atomic E-state index is 8.91. The molecule has 0 spiro atoms. The molecule has 84 valence electrons. The molecule has 1 aliphatic heterocycles. The van der Waals surface area contributed by atoms with Crippen molar-refractivity contribution in [2.75, 3.05) is 18.0 Å². The van der Waals surface area contributed by atoms with E-state index >= 15 is 0 Å². The normalized spacial score (nSPS) is 19.7. The molecule has 1 aromatic rings. The summed E-state index contributed by atoms with van der Waals surface area (Å²) in [4.78, 5) is 6.95. The number of aromatic nitrogens is 1. The van der Waals surface area contributed by atoms with Crippen LogP contribution in [-0.2, 0) is 0 Å². The Bertz CT molecular complexity index is 401. The van der Waals surface area contributed by atoms with Crippen LogP contribution in [0.25, 0.3) is 0 Å². The molecule has 0 amide bonds. The highest BCUT2D eigenvalue weighted by atomic mass is 32.2. The Morgan fingerprint density at radius 2 is 2.56 bits per heavy atom. The summed E-state index contributed by atoms with van der Waals surface area (Å²) in [6, 6.07) is 4.20. The van der Waals surface area contributed by atoms with E-state index in [9.17, 15) is 0 Å². The fourth-order valence-electron chi connectivity index (χ4n) is 1.85. The SMILES string of the molecule is N#CN1CCC[C@H]1CSc1ccnc(N)c1. The van der Waals surface area contributed by atoms with Crippen molar-refractivity contribution in [1.82, 2.24) is 9.88 Å². The van der Waals surface area contributed by atoms with Crippen molar-refractivity contribution in [3.05, 3.63) is 18.3 Å². The minimum Gasteiger partial charge on any atom is -0.384 e. The Morgan fingerprint density at radius 3 is 3.31 bits per heavy atom. The van der Waals surface area contributed by atoms with Gasteiger partial charge in [0.25, 0.3) is 0 Å². The lowest BCUT2D eigenvalue weighted by Crippen LogP contribution is -2.26. The van der Waals surface area contributed by atoms with Gasteiger partial charge in [0.05, 0.1) is 0 Å². The van der Waals surface area contributed by atoms with Crippen LogP contribution in [0.4, 0.5) is 5.82 Å². The largest absolute Gasteiger partial charge is 0.384 e. The summed E-state index contributed by atoms with van der Waals surface area (Å²) in [6.45, 7) is 0.903. The number of nitriles is 1. The van der Waals surface area contributed by atoms with Crippen LogP contribution < -0.4 is 5.73 Å². The molecular formula is C11H14N4S. The summed E-state index contributed by atoms with van der Waals surface area (Å²) in [5.74, 6) is 1.49. The highest BCUT2D eigenvalue weighted by molar-refractivity contribution is 7.99. The number of hydrogen-bond acceptors (Lipinski definition) is 5. The second kappa shape index (κ2) is 5.08. The van der Waals surface area contributed by atoms with Crippen molar-refractivity contribution in [3.8, 4) is 6.19 Å². The molecule has 5 heteroatoms. The molecule has 0 saturated carbocycles. The molecule has 2 rings (SSSR count). The lowest BCUT2D eigenvalue weighted by atomic mass is 10.2. The van der Waals surface area contributed by atoms with Gasteiger partial charge in [-0.25, -0.2) is 4.98 Å². The van der Waals surface area contributed by atoms with Gasteiger partial charge in [0.1, 0.15) is 5.82 Å². The number of hydrogen-bond donors (Lipinski definition) is 1. The second-order valence-electron chi connectivity index (χ2n) is 3.82. The fraction of sp³-hybridized carbons (Fsp3) is 0.455. The zero-order chi connectivity index (χ0) is 11.4. The number of anilines is 1. The van der Waals surface area contributed by atoms with Crippen LogP contribution in [0.2, 0.25) is 0 Å². The van der Waals surface area contributed by atoms with Crippen LogP contribution in [0.3, 0.4) is 0 Å². The molecule has 0 bridgehead atoms. The lowest BCUT2D eigenvalue weighted by Gasteiger charge is -2.17. The fourth-order valence-corrected chi connectivity index (χ4v) is 2.94. The topological polar surface area (TPSA) is 65.9 Å². The standard InChI is InChI=1S/C11H14N4S/c12-8-15-5-1-2-9(15)7-16-10-3-4-14-11(13)6-10/h3-4,6,9H,1-2,5,7H2,(H2,13,14)/t9-/m0/s1. The van der Waals surface area contributed by atoms with E-state index in [2.05, 4.69) is 11.2 Å². The highest BCUT2D eigenvalue weighted by Gasteiger charge is 2.23. The molecule has 2 N–H and O–H groups in total. The van der Waals surface area contributed by atoms with E-state index in [1.807, 2.05) is 17.0 Å². The smallest absolute Gasteiger partial charge is 0.179 e. The highest BCUT2D eigenvalue weighted by Crippen LogP contribution is 2.25. The minimum absolute atomic E-state index is 0.379. The Labute approximate surface area is 99.5 Å². The van der Waals surface area contributed by atoms with Crippen LogP contribution in [0, 0.1) is 11.5 Å². The second-order valence-corrected chi connectivity index (χ2v) is 4.91. The third-order valence-electron chi connectivity index (χ3n) is 2.70. The van der Waals surface area contributed by atoms with Gasteiger partial charge < -0.3 is 10.6 Å². The Hall–Kier alpha value is -1.41. The molecule has 0 radical (unpaired) electrons. The van der Waals surface area contributed by atoms with Crippen LogP contribution in [0.1, 0.15) is 12.8 Å². The van der Waals surface area contributed by atoms with Crippen molar-refractivity contribution >= 4 is 17.6 Å². The predicted molar refractivity (Wildman–Crippen MR) is 64.7 cm³/mol. The lowest BCUT2D eigenvalue weighted by molar-refractivity contribution is 0.393. The van der Waals surface area contributed by atoms with Gasteiger partial charge in [0, 0.05) is 29.4 Å². The average molecular weight is 234 g/mol. The van der Waals surface area contributed by atoms with Gasteiger partial charge in [0.2, 0.25) is 0 Å². The minimum atomic E-state index is 0.379. The van der Waals surface area contributed by atoms with Gasteiger partial charge in [-0.2, -0.15) is 5.26 Å². The molecule has 4 nitrogen and oxygen atoms in total. The third kappa shape index (κ3) is 2.58. The van der Waals surface area contributed by atoms with Crippen molar-refractivity contribution in [2.24, 2.45) is 0 Å². The molecule has 1 fully saturated rings. The Morgan fingerprint density at radius 1 is 1.69 bits per heavy atom. The van der Waals surface area contributed by atoms with Gasteiger partial charge >= 0.3 is 0 Å². The number of nitrogens with two attached hydrogens (primary N) is 1. The van der Waals surface area contributed by atoms with E-state index in [4.69, 9.17) is 11.0 Å². The van der Waals surface area contributed by atoms with E-state index in [-0.39, 0.29) is 0 Å². The first kappa shape index (κ1) is 11.1. The van der Waals surface area contributed by atoms with Crippen molar-refractivity contribution in [1.29, 1.82) is 5.26 Å². The van der Waals surface area contributed by atoms with E-state index in [1.165, 1.54) is 0 Å². The number of likely N-dealkylation sites (tertiary alicyclic amines) is 1. The van der Waals surface area contributed by atoms with Crippen LogP contribution in [0.15, 0.2) is 23.2 Å². The third-order valence-corrected chi connectivity index (χ3v) is 3.84. The molecule has 1 aliphatic rings. The van der Waals surface area contributed by atoms with Crippen molar-refractivity contribution in [3.63, 3.8) is 0 Å². The van der Waals surface area contributed by atoms with Crippen LogP contribution in [0.5, 0.6) is 0 Å². The molecule has 0 aromatic carbocycles. The first-order chi connectivity index (χ1) is 7.79. The average Bonchev–Trinajstić information content (AvgIpc) is 2.74. The van der Waals surface area contributed by atoms with Crippen LogP contribution in [-0.4, -0.2) is 28.2 Å². The first-order valence-corrected chi connectivity index (χ1v) is 6.29. The first-order valence-electron chi connectivity index (χ1n) is 5.30. The number of nitrogen functional groups attached to an aromatic ring is 1. The summed E-state index contributed by atoms with van der Waals surface area (Å²) in [6.07, 6.45) is 6.20. The maximum atomic E-state index is 8.91. The van der Waals surface area contributed by atoms with Gasteiger partial charge in [-0.3, -0.25) is 0 Å². The number of pyridine rings is 1. The Kier molecular flexibility index (Phi) is 3.52. The summed E-state index contributed by atoms with van der Waals surface area (Å²) >= 11 is 1.74. The quantitative estimate of drug-likeness (QED) is 0.637. The Balaban J connectivity index is 1.90. The molecule has 0 unspecified atom stereocenters. The number of thioether (sulfide) groups is 1. The molecule has 1 atom stereocenters. The van der Waals surface area contributed by atoms with Crippen molar-refractivity contribution in [2.45, 2.75) is 23.8 Å². The summed E-state index contributed by atoms with van der Waals surface area (Å²) < 4.78 is 0. The molecular weight excluding hydrogens is 220 g/mol. The van der Waals surface area contributed by atoms with E-state index in [1.54, 1.807) is 18.0 Å². The molecule has 2 heterocycles. The van der Waals surface area contributed by atoms with Gasteiger partial charge in [-0.15, -0.1) is 11.8 Å². The summed E-state index contributed by atoms with van der Waals surface area (Å²) in [5, 5.41) is 8.91. The van der Waals surface area contributed by atoms with Gasteiger partial charge in [0.15, 0.2) is 6.19 Å².